The fraction of sp³-hybridized carbons (Fsp3) is 0.333. The Morgan fingerprint density at radius 3 is 3.08 bits per heavy atom. The van der Waals surface area contributed by atoms with Gasteiger partial charge in [-0.15, -0.1) is 0 Å². The molecule has 0 aromatic carbocycles. The zero-order valence-electron chi connectivity index (χ0n) is 6.28. The minimum Gasteiger partial charge on any atom is -0.395 e. The first kappa shape index (κ1) is 8.95. The zero-order chi connectivity index (χ0) is 8.97. The van der Waals surface area contributed by atoms with E-state index < -0.39 is 0 Å². The number of hydrogen-bond acceptors (Lipinski definition) is 5. The van der Waals surface area contributed by atoms with Crippen LogP contribution in [0.15, 0.2) is 6.20 Å². The summed E-state index contributed by atoms with van der Waals surface area (Å²) in [6, 6.07) is 0. The van der Waals surface area contributed by atoms with Crippen molar-refractivity contribution in [2.24, 2.45) is 0 Å². The van der Waals surface area contributed by atoms with Crippen LogP contribution in [0.4, 0.5) is 5.13 Å². The maximum atomic E-state index is 11.1. The average Bonchev–Trinajstić information content (AvgIpc) is 2.47. The Morgan fingerprint density at radius 1 is 1.83 bits per heavy atom. The number of aliphatic hydroxyl groups is 1. The van der Waals surface area contributed by atoms with Gasteiger partial charge in [0.2, 0.25) is 0 Å². The highest BCUT2D eigenvalue weighted by atomic mass is 32.1. The van der Waals surface area contributed by atoms with Crippen LogP contribution >= 0.6 is 11.3 Å². The van der Waals surface area contributed by atoms with Crippen LogP contribution in [0.2, 0.25) is 0 Å². The second kappa shape index (κ2) is 4.03. The first-order valence-corrected chi connectivity index (χ1v) is 4.16. The molecule has 0 saturated heterocycles. The quantitative estimate of drug-likeness (QED) is 0.592. The van der Waals surface area contributed by atoms with Gasteiger partial charge in [0.15, 0.2) is 5.13 Å². The van der Waals surface area contributed by atoms with E-state index in [1.54, 1.807) is 0 Å². The predicted octanol–water partition coefficient (Wildman–Crippen LogP) is -0.553. The maximum absolute atomic E-state index is 11.1. The Morgan fingerprint density at radius 2 is 2.58 bits per heavy atom. The summed E-state index contributed by atoms with van der Waals surface area (Å²) in [7, 11) is 0. The summed E-state index contributed by atoms with van der Waals surface area (Å²) in [5.41, 5.74) is 5.32. The van der Waals surface area contributed by atoms with Gasteiger partial charge in [-0.3, -0.25) is 4.79 Å². The summed E-state index contributed by atoms with van der Waals surface area (Å²) in [4.78, 5) is 15.3. The molecule has 0 radical (unpaired) electrons. The second-order valence-corrected chi connectivity index (χ2v) is 3.10. The number of carbonyl (C=O) groups excluding carboxylic acids is 1. The lowest BCUT2D eigenvalue weighted by molar-refractivity contribution is 0.0948. The molecule has 1 aromatic heterocycles. The van der Waals surface area contributed by atoms with Gasteiger partial charge in [-0.2, -0.15) is 0 Å². The molecule has 0 bridgehead atoms. The molecule has 5 nitrogen and oxygen atoms in total. The number of anilines is 1. The van der Waals surface area contributed by atoms with Crippen LogP contribution in [0.5, 0.6) is 0 Å². The summed E-state index contributed by atoms with van der Waals surface area (Å²) in [6.45, 7) is 0.177. The van der Waals surface area contributed by atoms with Gasteiger partial charge in [0, 0.05) is 6.54 Å². The lowest BCUT2D eigenvalue weighted by atomic mass is 10.5. The molecule has 0 atom stereocenters. The molecule has 1 rings (SSSR count). The van der Waals surface area contributed by atoms with Crippen molar-refractivity contribution in [2.45, 2.75) is 0 Å². The van der Waals surface area contributed by atoms with Crippen molar-refractivity contribution in [3.05, 3.63) is 11.1 Å². The van der Waals surface area contributed by atoms with Crippen LogP contribution < -0.4 is 11.1 Å². The maximum Gasteiger partial charge on any atom is 0.263 e. The van der Waals surface area contributed by atoms with Crippen LogP contribution in [-0.2, 0) is 0 Å². The molecule has 4 N–H and O–H groups in total. The van der Waals surface area contributed by atoms with Crippen molar-refractivity contribution < 1.29 is 9.90 Å². The average molecular weight is 187 g/mol. The molecular weight excluding hydrogens is 178 g/mol. The van der Waals surface area contributed by atoms with E-state index in [0.29, 0.717) is 10.0 Å². The number of amides is 1. The summed E-state index contributed by atoms with van der Waals surface area (Å²) in [5, 5.41) is 11.3. The minimum atomic E-state index is -0.252. The SMILES string of the molecule is Nc1ncc(C(=O)NCCO)s1. The number of nitrogens with two attached hydrogens (primary N) is 1. The van der Waals surface area contributed by atoms with E-state index >= 15 is 0 Å². The Labute approximate surface area is 73.2 Å². The van der Waals surface area contributed by atoms with E-state index in [-0.39, 0.29) is 19.1 Å². The molecule has 0 saturated carbocycles. The highest BCUT2D eigenvalue weighted by Gasteiger charge is 2.07. The van der Waals surface area contributed by atoms with E-state index in [1.807, 2.05) is 0 Å². The Balaban J connectivity index is 2.53. The third-order valence-corrected chi connectivity index (χ3v) is 1.97. The van der Waals surface area contributed by atoms with Gasteiger partial charge in [-0.05, 0) is 0 Å². The van der Waals surface area contributed by atoms with Gasteiger partial charge >= 0.3 is 0 Å². The van der Waals surface area contributed by atoms with Gasteiger partial charge in [0.1, 0.15) is 4.88 Å². The standard InChI is InChI=1S/C6H9N3O2S/c7-6-9-3-4(12-6)5(11)8-1-2-10/h3,10H,1-2H2,(H2,7,9)(H,8,11). The van der Waals surface area contributed by atoms with Crippen LogP contribution in [0.1, 0.15) is 9.67 Å². The smallest absolute Gasteiger partial charge is 0.263 e. The van der Waals surface area contributed by atoms with E-state index in [0.717, 1.165) is 11.3 Å². The summed E-state index contributed by atoms with van der Waals surface area (Å²) in [6.07, 6.45) is 1.41. The van der Waals surface area contributed by atoms with Crippen LogP contribution in [0.3, 0.4) is 0 Å². The number of carbonyl (C=O) groups is 1. The number of thiazole rings is 1. The lowest BCUT2D eigenvalue weighted by Crippen LogP contribution is -2.25. The van der Waals surface area contributed by atoms with Crippen LogP contribution in [0, 0.1) is 0 Å². The normalized spacial score (nSPS) is 9.75. The summed E-state index contributed by atoms with van der Waals surface area (Å²) in [5.74, 6) is -0.252. The molecule has 1 heterocycles. The van der Waals surface area contributed by atoms with Gasteiger partial charge in [-0.1, -0.05) is 11.3 Å². The molecule has 0 aliphatic heterocycles. The molecule has 1 amide bonds. The number of rotatable bonds is 3. The Bertz CT molecular complexity index is 274. The molecule has 0 fully saturated rings. The lowest BCUT2D eigenvalue weighted by Gasteiger charge is -1.97. The van der Waals surface area contributed by atoms with Crippen LogP contribution in [-0.4, -0.2) is 29.1 Å². The van der Waals surface area contributed by atoms with E-state index in [9.17, 15) is 4.79 Å². The number of nitrogen functional groups attached to an aromatic ring is 1. The number of nitrogens with one attached hydrogen (secondary N) is 1. The van der Waals surface area contributed by atoms with Crippen molar-refractivity contribution >= 4 is 22.4 Å². The van der Waals surface area contributed by atoms with Gasteiger partial charge in [0.05, 0.1) is 12.8 Å². The first-order chi connectivity index (χ1) is 5.74. The molecule has 0 aliphatic carbocycles. The largest absolute Gasteiger partial charge is 0.395 e. The Kier molecular flexibility index (Phi) is 3.01. The van der Waals surface area contributed by atoms with Gasteiger partial charge < -0.3 is 16.2 Å². The van der Waals surface area contributed by atoms with Crippen LogP contribution in [0.25, 0.3) is 0 Å². The summed E-state index contributed by atoms with van der Waals surface area (Å²) < 4.78 is 0. The van der Waals surface area contributed by atoms with Crippen molar-refractivity contribution in [3.63, 3.8) is 0 Å². The fourth-order valence-corrected chi connectivity index (χ4v) is 1.25. The molecule has 12 heavy (non-hydrogen) atoms. The zero-order valence-corrected chi connectivity index (χ0v) is 7.10. The monoisotopic (exact) mass is 187 g/mol. The molecular formula is C6H9N3O2S. The number of aliphatic hydroxyl groups excluding tert-OH is 1. The number of nitrogens with zero attached hydrogens (tertiary/aromatic N) is 1. The predicted molar refractivity (Wildman–Crippen MR) is 45.9 cm³/mol. The molecule has 6 heteroatoms. The van der Waals surface area contributed by atoms with Crippen molar-refractivity contribution in [1.82, 2.24) is 10.3 Å². The van der Waals surface area contributed by atoms with E-state index in [4.69, 9.17) is 10.8 Å². The van der Waals surface area contributed by atoms with Gasteiger partial charge in [0.25, 0.3) is 5.91 Å². The van der Waals surface area contributed by atoms with Crippen molar-refractivity contribution in [3.8, 4) is 0 Å². The van der Waals surface area contributed by atoms with Crippen molar-refractivity contribution in [1.29, 1.82) is 0 Å². The third kappa shape index (κ3) is 2.18. The van der Waals surface area contributed by atoms with E-state index in [1.165, 1.54) is 6.20 Å². The number of aromatic nitrogens is 1. The van der Waals surface area contributed by atoms with Crippen molar-refractivity contribution in [2.75, 3.05) is 18.9 Å². The molecule has 66 valence electrons. The molecule has 1 aromatic rings. The fourth-order valence-electron chi connectivity index (χ4n) is 0.649. The second-order valence-electron chi connectivity index (χ2n) is 2.04. The summed E-state index contributed by atoms with van der Waals surface area (Å²) >= 11 is 1.12. The van der Waals surface area contributed by atoms with Gasteiger partial charge in [-0.25, -0.2) is 4.98 Å². The number of hydrogen-bond donors (Lipinski definition) is 3. The molecule has 0 unspecified atom stereocenters. The highest BCUT2D eigenvalue weighted by molar-refractivity contribution is 7.17. The third-order valence-electron chi connectivity index (χ3n) is 1.14. The molecule has 0 aliphatic rings. The first-order valence-electron chi connectivity index (χ1n) is 3.34. The molecule has 0 spiro atoms. The topological polar surface area (TPSA) is 88.2 Å². The highest BCUT2D eigenvalue weighted by Crippen LogP contribution is 2.13. The Hall–Kier alpha value is -1.14. The minimum absolute atomic E-state index is 0.0694. The van der Waals surface area contributed by atoms with E-state index in [2.05, 4.69) is 10.3 Å².